The van der Waals surface area contributed by atoms with Gasteiger partial charge in [0, 0.05) is 22.9 Å². The molecule has 5 heteroatoms. The van der Waals surface area contributed by atoms with Crippen molar-refractivity contribution >= 4 is 22.8 Å². The lowest BCUT2D eigenvalue weighted by atomic mass is 9.74. The summed E-state index contributed by atoms with van der Waals surface area (Å²) in [5.41, 5.74) is 6.43. The van der Waals surface area contributed by atoms with Gasteiger partial charge in [-0.25, -0.2) is 0 Å². The quantitative estimate of drug-likeness (QED) is 0.889. The van der Waals surface area contributed by atoms with Crippen LogP contribution in [0.3, 0.4) is 0 Å². The number of hydrogen-bond donors (Lipinski definition) is 2. The molecule has 0 atom stereocenters. The summed E-state index contributed by atoms with van der Waals surface area (Å²) >= 11 is 0. The molecule has 5 nitrogen and oxygen atoms in total. The summed E-state index contributed by atoms with van der Waals surface area (Å²) in [6.45, 7) is 2.00. The standard InChI is InChI=1S/C17H20N2O3/c1-2-11-12-6-3-4-7-13(12)22-15(11)16(21)19-17(8-5-9-17)10-14(18)20/h3-4,6-7H,2,5,8-10H2,1H3,(H2,18,20)(H,19,21). The average Bonchev–Trinajstić information content (AvgIpc) is 2.83. The molecule has 1 saturated carbocycles. The van der Waals surface area contributed by atoms with Crippen LogP contribution in [0.2, 0.25) is 0 Å². The molecule has 0 bridgehead atoms. The van der Waals surface area contributed by atoms with Gasteiger partial charge in [-0.05, 0) is 31.7 Å². The van der Waals surface area contributed by atoms with Crippen LogP contribution in [0.15, 0.2) is 28.7 Å². The Labute approximate surface area is 128 Å². The molecular formula is C17H20N2O3. The van der Waals surface area contributed by atoms with Gasteiger partial charge in [0.05, 0.1) is 0 Å². The average molecular weight is 300 g/mol. The van der Waals surface area contributed by atoms with Crippen LogP contribution in [0, 0.1) is 0 Å². The number of furan rings is 1. The zero-order chi connectivity index (χ0) is 15.7. The van der Waals surface area contributed by atoms with Crippen molar-refractivity contribution in [2.45, 2.75) is 44.6 Å². The van der Waals surface area contributed by atoms with E-state index in [4.69, 9.17) is 10.2 Å². The molecule has 1 fully saturated rings. The molecule has 3 N–H and O–H groups in total. The first-order valence-corrected chi connectivity index (χ1v) is 7.66. The van der Waals surface area contributed by atoms with Gasteiger partial charge in [0.2, 0.25) is 5.91 Å². The molecule has 1 heterocycles. The SMILES string of the molecule is CCc1c(C(=O)NC2(CC(N)=O)CCC2)oc2ccccc12. The molecule has 2 amide bonds. The number of benzene rings is 1. The number of nitrogens with two attached hydrogens (primary N) is 1. The van der Waals surface area contributed by atoms with Gasteiger partial charge < -0.3 is 15.5 Å². The molecule has 2 aromatic rings. The predicted octanol–water partition coefficient (Wildman–Crippen LogP) is 2.52. The van der Waals surface area contributed by atoms with Gasteiger partial charge in [0.15, 0.2) is 5.76 Å². The van der Waals surface area contributed by atoms with Gasteiger partial charge >= 0.3 is 0 Å². The smallest absolute Gasteiger partial charge is 0.287 e. The molecule has 22 heavy (non-hydrogen) atoms. The van der Waals surface area contributed by atoms with E-state index in [1.54, 1.807) is 0 Å². The lowest BCUT2D eigenvalue weighted by Crippen LogP contribution is -2.55. The lowest BCUT2D eigenvalue weighted by Gasteiger charge is -2.41. The van der Waals surface area contributed by atoms with E-state index in [0.29, 0.717) is 17.8 Å². The molecular weight excluding hydrogens is 280 g/mol. The molecule has 1 aromatic carbocycles. The highest BCUT2D eigenvalue weighted by Gasteiger charge is 2.40. The Hall–Kier alpha value is -2.30. The van der Waals surface area contributed by atoms with Gasteiger partial charge in [-0.3, -0.25) is 9.59 Å². The minimum atomic E-state index is -0.493. The number of hydrogen-bond acceptors (Lipinski definition) is 3. The number of para-hydroxylation sites is 1. The number of primary amides is 1. The first-order valence-electron chi connectivity index (χ1n) is 7.66. The van der Waals surface area contributed by atoms with Crippen LogP contribution in [0.5, 0.6) is 0 Å². The van der Waals surface area contributed by atoms with Crippen molar-refractivity contribution in [1.82, 2.24) is 5.32 Å². The maximum absolute atomic E-state index is 12.6. The number of nitrogens with one attached hydrogen (secondary N) is 1. The van der Waals surface area contributed by atoms with Gasteiger partial charge in [-0.1, -0.05) is 25.1 Å². The van der Waals surface area contributed by atoms with Crippen molar-refractivity contribution in [1.29, 1.82) is 0 Å². The summed E-state index contributed by atoms with van der Waals surface area (Å²) in [6, 6.07) is 7.62. The van der Waals surface area contributed by atoms with E-state index in [2.05, 4.69) is 5.32 Å². The Morgan fingerprint density at radius 3 is 2.64 bits per heavy atom. The first-order chi connectivity index (χ1) is 10.5. The van der Waals surface area contributed by atoms with Crippen LogP contribution in [0.4, 0.5) is 0 Å². The monoisotopic (exact) mass is 300 g/mol. The second-order valence-corrected chi connectivity index (χ2v) is 5.99. The highest BCUT2D eigenvalue weighted by atomic mass is 16.3. The van der Waals surface area contributed by atoms with Crippen LogP contribution in [0.25, 0.3) is 11.0 Å². The van der Waals surface area contributed by atoms with E-state index in [1.165, 1.54) is 0 Å². The molecule has 3 rings (SSSR count). The zero-order valence-electron chi connectivity index (χ0n) is 12.6. The summed E-state index contributed by atoms with van der Waals surface area (Å²) in [5, 5.41) is 3.95. The fourth-order valence-corrected chi connectivity index (χ4v) is 3.21. The van der Waals surface area contributed by atoms with E-state index in [-0.39, 0.29) is 18.2 Å². The number of carbonyl (C=O) groups is 2. The fourth-order valence-electron chi connectivity index (χ4n) is 3.21. The summed E-state index contributed by atoms with van der Waals surface area (Å²) in [4.78, 5) is 23.9. The molecule has 0 aliphatic heterocycles. The third-order valence-electron chi connectivity index (χ3n) is 4.46. The van der Waals surface area contributed by atoms with Crippen molar-refractivity contribution in [3.05, 3.63) is 35.6 Å². The van der Waals surface area contributed by atoms with Crippen LogP contribution >= 0.6 is 0 Å². The lowest BCUT2D eigenvalue weighted by molar-refractivity contribution is -0.120. The minimum absolute atomic E-state index is 0.181. The number of fused-ring (bicyclic) bond motifs is 1. The van der Waals surface area contributed by atoms with Crippen molar-refractivity contribution in [3.63, 3.8) is 0 Å². The Balaban J connectivity index is 1.90. The van der Waals surface area contributed by atoms with Gasteiger partial charge in [-0.2, -0.15) is 0 Å². The maximum atomic E-state index is 12.6. The number of rotatable bonds is 5. The molecule has 0 unspecified atom stereocenters. The Morgan fingerprint density at radius 2 is 2.05 bits per heavy atom. The molecule has 1 aromatic heterocycles. The predicted molar refractivity (Wildman–Crippen MR) is 83.5 cm³/mol. The normalized spacial score (nSPS) is 16.2. The molecule has 1 aliphatic rings. The number of aryl methyl sites for hydroxylation is 1. The second kappa shape index (κ2) is 5.48. The van der Waals surface area contributed by atoms with E-state index >= 15 is 0 Å². The topological polar surface area (TPSA) is 85.3 Å². The first kappa shape index (κ1) is 14.6. The molecule has 1 aliphatic carbocycles. The van der Waals surface area contributed by atoms with Crippen molar-refractivity contribution < 1.29 is 14.0 Å². The molecule has 0 saturated heterocycles. The summed E-state index contributed by atoms with van der Waals surface area (Å²) < 4.78 is 5.74. The minimum Gasteiger partial charge on any atom is -0.451 e. The highest BCUT2D eigenvalue weighted by Crippen LogP contribution is 2.35. The van der Waals surface area contributed by atoms with Crippen molar-refractivity contribution in [2.75, 3.05) is 0 Å². The van der Waals surface area contributed by atoms with Gasteiger partial charge in [0.1, 0.15) is 5.58 Å². The van der Waals surface area contributed by atoms with E-state index in [1.807, 2.05) is 31.2 Å². The van der Waals surface area contributed by atoms with E-state index in [0.717, 1.165) is 30.2 Å². The zero-order valence-corrected chi connectivity index (χ0v) is 12.6. The Morgan fingerprint density at radius 1 is 1.32 bits per heavy atom. The van der Waals surface area contributed by atoms with Crippen LogP contribution in [-0.2, 0) is 11.2 Å². The van der Waals surface area contributed by atoms with Gasteiger partial charge in [0.25, 0.3) is 5.91 Å². The Bertz CT molecular complexity index is 729. The fraction of sp³-hybridized carbons (Fsp3) is 0.412. The highest BCUT2D eigenvalue weighted by molar-refractivity contribution is 5.99. The largest absolute Gasteiger partial charge is 0.451 e. The maximum Gasteiger partial charge on any atom is 0.287 e. The summed E-state index contributed by atoms with van der Waals surface area (Å²) in [5.74, 6) is -0.297. The van der Waals surface area contributed by atoms with E-state index < -0.39 is 5.54 Å². The van der Waals surface area contributed by atoms with Crippen LogP contribution < -0.4 is 11.1 Å². The number of amides is 2. The summed E-state index contributed by atoms with van der Waals surface area (Å²) in [7, 11) is 0. The van der Waals surface area contributed by atoms with E-state index in [9.17, 15) is 9.59 Å². The number of carbonyl (C=O) groups excluding carboxylic acids is 2. The Kier molecular flexibility index (Phi) is 3.64. The molecule has 116 valence electrons. The van der Waals surface area contributed by atoms with Crippen LogP contribution in [-0.4, -0.2) is 17.4 Å². The third-order valence-corrected chi connectivity index (χ3v) is 4.46. The third kappa shape index (κ3) is 2.47. The molecule has 0 spiro atoms. The van der Waals surface area contributed by atoms with Crippen molar-refractivity contribution in [2.24, 2.45) is 5.73 Å². The summed E-state index contributed by atoms with van der Waals surface area (Å²) in [6.07, 6.45) is 3.45. The molecule has 0 radical (unpaired) electrons. The van der Waals surface area contributed by atoms with Gasteiger partial charge in [-0.15, -0.1) is 0 Å². The second-order valence-electron chi connectivity index (χ2n) is 5.99. The van der Waals surface area contributed by atoms with Crippen LogP contribution in [0.1, 0.15) is 48.7 Å². The van der Waals surface area contributed by atoms with Crippen molar-refractivity contribution in [3.8, 4) is 0 Å².